The van der Waals surface area contributed by atoms with Gasteiger partial charge in [-0.15, -0.1) is 0 Å². The molecular formula is C21H26N2. The summed E-state index contributed by atoms with van der Waals surface area (Å²) in [5.74, 6) is 0. The first-order valence-electron chi connectivity index (χ1n) is 9.04. The Morgan fingerprint density at radius 1 is 1.09 bits per heavy atom. The first-order valence-corrected chi connectivity index (χ1v) is 9.04. The van der Waals surface area contributed by atoms with E-state index in [9.17, 15) is 0 Å². The molecular weight excluding hydrogens is 280 g/mol. The van der Waals surface area contributed by atoms with Gasteiger partial charge < -0.3 is 5.32 Å². The van der Waals surface area contributed by atoms with Gasteiger partial charge in [-0.25, -0.2) is 0 Å². The molecule has 0 saturated carbocycles. The van der Waals surface area contributed by atoms with E-state index in [2.05, 4.69) is 48.8 Å². The minimum absolute atomic E-state index is 0.271. The topological polar surface area (TPSA) is 24.9 Å². The number of hydrogen-bond acceptors (Lipinski definition) is 2. The van der Waals surface area contributed by atoms with Crippen LogP contribution in [0.4, 0.5) is 0 Å². The first kappa shape index (κ1) is 14.9. The Kier molecular flexibility index (Phi) is 3.94. The summed E-state index contributed by atoms with van der Waals surface area (Å²) in [6.45, 7) is 3.51. The molecule has 0 spiro atoms. The molecule has 2 nitrogen and oxygen atoms in total. The molecule has 2 heterocycles. The molecule has 1 unspecified atom stereocenters. The Labute approximate surface area is 139 Å². The van der Waals surface area contributed by atoms with Crippen molar-refractivity contribution >= 4 is 0 Å². The largest absolute Gasteiger partial charge is 0.311 e. The monoisotopic (exact) mass is 306 g/mol. The SMILES string of the molecule is CC1(Cc2cccc(-c3cnc4c(c3)CCCC4)c2)CCCN1. The number of fused-ring (bicyclic) bond motifs is 1. The number of pyridine rings is 1. The predicted molar refractivity (Wildman–Crippen MR) is 95.7 cm³/mol. The number of nitrogens with zero attached hydrogens (tertiary/aromatic N) is 1. The Balaban J connectivity index is 1.61. The molecule has 2 aliphatic rings. The third kappa shape index (κ3) is 3.18. The van der Waals surface area contributed by atoms with E-state index in [0.29, 0.717) is 0 Å². The van der Waals surface area contributed by atoms with Crippen molar-refractivity contribution in [1.29, 1.82) is 0 Å². The molecule has 0 amide bonds. The molecule has 1 aromatic heterocycles. The highest BCUT2D eigenvalue weighted by molar-refractivity contribution is 5.64. The second-order valence-corrected chi connectivity index (χ2v) is 7.51. The summed E-state index contributed by atoms with van der Waals surface area (Å²) < 4.78 is 0. The van der Waals surface area contributed by atoms with E-state index >= 15 is 0 Å². The lowest BCUT2D eigenvalue weighted by Gasteiger charge is -2.24. The smallest absolute Gasteiger partial charge is 0.0436 e. The molecule has 2 aromatic rings. The molecule has 2 heteroatoms. The highest BCUT2D eigenvalue weighted by atomic mass is 15.0. The van der Waals surface area contributed by atoms with Crippen LogP contribution in [0.3, 0.4) is 0 Å². The van der Waals surface area contributed by atoms with Gasteiger partial charge in [0.25, 0.3) is 0 Å². The van der Waals surface area contributed by atoms with Crippen LogP contribution in [-0.4, -0.2) is 17.1 Å². The third-order valence-electron chi connectivity index (χ3n) is 5.48. The lowest BCUT2D eigenvalue weighted by atomic mass is 9.89. The van der Waals surface area contributed by atoms with E-state index in [-0.39, 0.29) is 5.54 Å². The van der Waals surface area contributed by atoms with Crippen LogP contribution in [0, 0.1) is 0 Å². The molecule has 0 radical (unpaired) electrons. The van der Waals surface area contributed by atoms with Crippen molar-refractivity contribution in [3.8, 4) is 11.1 Å². The maximum absolute atomic E-state index is 4.73. The zero-order valence-electron chi connectivity index (χ0n) is 14.1. The standard InChI is InChI=1S/C21H26N2/c1-21(10-5-11-23-21)14-16-6-4-8-17(12-16)19-13-18-7-2-3-9-20(18)22-15-19/h4,6,8,12-13,15,23H,2-3,5,7,9-11,14H2,1H3. The summed E-state index contributed by atoms with van der Waals surface area (Å²) >= 11 is 0. The quantitative estimate of drug-likeness (QED) is 0.914. The van der Waals surface area contributed by atoms with Gasteiger partial charge >= 0.3 is 0 Å². The van der Waals surface area contributed by atoms with Gasteiger partial charge in [-0.3, -0.25) is 4.98 Å². The summed E-state index contributed by atoms with van der Waals surface area (Å²) in [5.41, 5.74) is 7.06. The molecule has 0 bridgehead atoms. The molecule has 1 saturated heterocycles. The lowest BCUT2D eigenvalue weighted by molar-refractivity contribution is 0.413. The molecule has 4 rings (SSSR count). The van der Waals surface area contributed by atoms with Gasteiger partial charge in [0.05, 0.1) is 0 Å². The van der Waals surface area contributed by atoms with Gasteiger partial charge in [-0.05, 0) is 81.2 Å². The van der Waals surface area contributed by atoms with Crippen LogP contribution in [-0.2, 0) is 19.3 Å². The number of rotatable bonds is 3. The number of hydrogen-bond donors (Lipinski definition) is 1. The molecule has 1 aliphatic heterocycles. The van der Waals surface area contributed by atoms with Crippen molar-refractivity contribution in [2.75, 3.05) is 6.54 Å². The fourth-order valence-electron chi connectivity index (χ4n) is 4.17. The highest BCUT2D eigenvalue weighted by Gasteiger charge is 2.28. The van der Waals surface area contributed by atoms with Gasteiger partial charge in [0, 0.05) is 23.0 Å². The molecule has 120 valence electrons. The average Bonchev–Trinajstić information content (AvgIpc) is 3.01. The van der Waals surface area contributed by atoms with Crippen molar-refractivity contribution in [2.24, 2.45) is 0 Å². The summed E-state index contributed by atoms with van der Waals surface area (Å²) in [5, 5.41) is 3.67. The summed E-state index contributed by atoms with van der Waals surface area (Å²) in [4.78, 5) is 4.73. The molecule has 1 aliphatic carbocycles. The second-order valence-electron chi connectivity index (χ2n) is 7.51. The molecule has 23 heavy (non-hydrogen) atoms. The normalized spacial score (nSPS) is 23.7. The summed E-state index contributed by atoms with van der Waals surface area (Å²) in [6, 6.07) is 11.4. The Morgan fingerprint density at radius 3 is 2.87 bits per heavy atom. The van der Waals surface area contributed by atoms with E-state index in [1.165, 1.54) is 60.1 Å². The fourth-order valence-corrected chi connectivity index (χ4v) is 4.17. The van der Waals surface area contributed by atoms with Crippen molar-refractivity contribution in [1.82, 2.24) is 10.3 Å². The van der Waals surface area contributed by atoms with Gasteiger partial charge in [0.2, 0.25) is 0 Å². The van der Waals surface area contributed by atoms with Crippen molar-refractivity contribution in [3.63, 3.8) is 0 Å². The molecule has 1 atom stereocenters. The van der Waals surface area contributed by atoms with E-state index in [0.717, 1.165) is 19.4 Å². The zero-order valence-corrected chi connectivity index (χ0v) is 14.1. The van der Waals surface area contributed by atoms with Gasteiger partial charge in [0.15, 0.2) is 0 Å². The highest BCUT2D eigenvalue weighted by Crippen LogP contribution is 2.28. The zero-order chi connectivity index (χ0) is 15.7. The maximum atomic E-state index is 4.73. The van der Waals surface area contributed by atoms with Crippen LogP contribution >= 0.6 is 0 Å². The minimum atomic E-state index is 0.271. The summed E-state index contributed by atoms with van der Waals surface area (Å²) in [6.07, 6.45) is 10.7. The number of aryl methyl sites for hydroxylation is 2. The Bertz CT molecular complexity index is 699. The molecule has 1 N–H and O–H groups in total. The van der Waals surface area contributed by atoms with Crippen molar-refractivity contribution < 1.29 is 0 Å². The van der Waals surface area contributed by atoms with Crippen LogP contribution < -0.4 is 5.32 Å². The van der Waals surface area contributed by atoms with Crippen molar-refractivity contribution in [2.45, 2.75) is 57.4 Å². The van der Waals surface area contributed by atoms with Crippen LogP contribution in [0.15, 0.2) is 36.5 Å². The second kappa shape index (κ2) is 6.09. The minimum Gasteiger partial charge on any atom is -0.311 e. The van der Waals surface area contributed by atoms with Gasteiger partial charge in [-0.2, -0.15) is 0 Å². The third-order valence-corrected chi connectivity index (χ3v) is 5.48. The predicted octanol–water partition coefficient (Wildman–Crippen LogP) is 4.31. The van der Waals surface area contributed by atoms with Gasteiger partial charge in [0.1, 0.15) is 0 Å². The van der Waals surface area contributed by atoms with Crippen LogP contribution in [0.5, 0.6) is 0 Å². The Morgan fingerprint density at radius 2 is 2.00 bits per heavy atom. The fraction of sp³-hybridized carbons (Fsp3) is 0.476. The lowest BCUT2D eigenvalue weighted by Crippen LogP contribution is -2.38. The number of aromatic nitrogens is 1. The van der Waals surface area contributed by atoms with E-state index in [4.69, 9.17) is 4.98 Å². The van der Waals surface area contributed by atoms with Crippen LogP contribution in [0.1, 0.15) is 49.4 Å². The van der Waals surface area contributed by atoms with Crippen LogP contribution in [0.2, 0.25) is 0 Å². The number of benzene rings is 1. The van der Waals surface area contributed by atoms with Crippen molar-refractivity contribution in [3.05, 3.63) is 53.3 Å². The van der Waals surface area contributed by atoms with Crippen LogP contribution in [0.25, 0.3) is 11.1 Å². The number of nitrogens with one attached hydrogen (secondary N) is 1. The van der Waals surface area contributed by atoms with Gasteiger partial charge in [-0.1, -0.05) is 24.3 Å². The van der Waals surface area contributed by atoms with E-state index < -0.39 is 0 Å². The van der Waals surface area contributed by atoms with E-state index in [1.807, 2.05) is 0 Å². The first-order chi connectivity index (χ1) is 11.2. The summed E-state index contributed by atoms with van der Waals surface area (Å²) in [7, 11) is 0. The molecule has 1 fully saturated rings. The Hall–Kier alpha value is -1.67. The average molecular weight is 306 g/mol. The van der Waals surface area contributed by atoms with E-state index in [1.54, 1.807) is 0 Å². The maximum Gasteiger partial charge on any atom is 0.0436 e. The molecule has 1 aromatic carbocycles.